The molecule has 176 valence electrons. The maximum absolute atomic E-state index is 13.4. The second kappa shape index (κ2) is 8.84. The average Bonchev–Trinajstić information content (AvgIpc) is 3.21. The van der Waals surface area contributed by atoms with Gasteiger partial charge in [-0.15, -0.1) is 10.2 Å². The first kappa shape index (κ1) is 21.8. The van der Waals surface area contributed by atoms with Crippen LogP contribution in [0.15, 0.2) is 60.0 Å². The minimum absolute atomic E-state index is 0.0283. The quantitative estimate of drug-likeness (QED) is 0.492. The van der Waals surface area contributed by atoms with Crippen LogP contribution in [0.4, 0.5) is 0 Å². The third-order valence-corrected chi connectivity index (χ3v) is 9.00. The highest BCUT2D eigenvalue weighted by Gasteiger charge is 2.51. The van der Waals surface area contributed by atoms with E-state index in [9.17, 15) is 4.79 Å². The van der Waals surface area contributed by atoms with Gasteiger partial charge in [0.05, 0.1) is 11.8 Å². The highest BCUT2D eigenvalue weighted by molar-refractivity contribution is 8.00. The largest absolute Gasteiger partial charge is 0.350 e. The maximum Gasteiger partial charge on any atom is 0.233 e. The predicted octanol–water partition coefficient (Wildman–Crippen LogP) is 4.95. The Hall–Kier alpha value is -2.67. The second-order valence-electron chi connectivity index (χ2n) is 10.6. The lowest BCUT2D eigenvalue weighted by atomic mass is 9.53. The first-order chi connectivity index (χ1) is 16.6. The number of nitrogens with one attached hydrogen (secondary N) is 1. The highest BCUT2D eigenvalue weighted by atomic mass is 32.2. The minimum Gasteiger partial charge on any atom is -0.350 e. The summed E-state index contributed by atoms with van der Waals surface area (Å²) in [6, 6.07) is 14.2. The van der Waals surface area contributed by atoms with Gasteiger partial charge >= 0.3 is 0 Å². The molecule has 4 bridgehead atoms. The van der Waals surface area contributed by atoms with E-state index in [1.165, 1.54) is 55.9 Å². The Balaban J connectivity index is 1.22. The Bertz CT molecular complexity index is 1130. The summed E-state index contributed by atoms with van der Waals surface area (Å²) < 4.78 is 2.11. The average molecular weight is 474 g/mol. The van der Waals surface area contributed by atoms with Crippen molar-refractivity contribution in [1.29, 1.82) is 0 Å². The summed E-state index contributed by atoms with van der Waals surface area (Å²) in [5.41, 5.74) is 2.17. The third kappa shape index (κ3) is 4.26. The number of rotatable bonds is 7. The Morgan fingerprint density at radius 2 is 1.68 bits per heavy atom. The summed E-state index contributed by atoms with van der Waals surface area (Å²) in [4.78, 5) is 17.5. The molecule has 1 aromatic carbocycles. The van der Waals surface area contributed by atoms with Crippen LogP contribution in [0.2, 0.25) is 0 Å². The van der Waals surface area contributed by atoms with Gasteiger partial charge in [0.2, 0.25) is 5.91 Å². The molecule has 2 heterocycles. The molecule has 0 radical (unpaired) electrons. The number of pyridine rings is 1. The van der Waals surface area contributed by atoms with Crippen molar-refractivity contribution in [2.24, 2.45) is 17.8 Å². The molecule has 1 N–H and O–H groups in total. The molecule has 0 unspecified atom stereocenters. The van der Waals surface area contributed by atoms with Gasteiger partial charge in [0.15, 0.2) is 11.0 Å². The topological polar surface area (TPSA) is 72.7 Å². The Morgan fingerprint density at radius 1 is 1.03 bits per heavy atom. The second-order valence-corrected chi connectivity index (χ2v) is 11.9. The van der Waals surface area contributed by atoms with Crippen molar-refractivity contribution >= 4 is 17.7 Å². The van der Waals surface area contributed by atoms with Gasteiger partial charge in [-0.05, 0) is 80.9 Å². The van der Waals surface area contributed by atoms with E-state index in [0.29, 0.717) is 6.54 Å². The van der Waals surface area contributed by atoms with E-state index in [1.54, 1.807) is 12.4 Å². The van der Waals surface area contributed by atoms with E-state index in [0.717, 1.165) is 34.3 Å². The van der Waals surface area contributed by atoms with E-state index in [1.807, 2.05) is 37.3 Å². The molecule has 6 nitrogen and oxygen atoms in total. The number of aromatic nitrogens is 4. The Labute approximate surface area is 205 Å². The summed E-state index contributed by atoms with van der Waals surface area (Å²) >= 11 is 1.50. The zero-order valence-corrected chi connectivity index (χ0v) is 20.4. The van der Waals surface area contributed by atoms with Crippen LogP contribution < -0.4 is 5.32 Å². The summed E-state index contributed by atoms with van der Waals surface area (Å²) in [7, 11) is 0. The van der Waals surface area contributed by atoms with Gasteiger partial charge in [-0.3, -0.25) is 14.3 Å². The van der Waals surface area contributed by atoms with Crippen LogP contribution >= 0.6 is 11.8 Å². The van der Waals surface area contributed by atoms with Crippen molar-refractivity contribution in [3.63, 3.8) is 0 Å². The first-order valence-corrected chi connectivity index (χ1v) is 13.3. The van der Waals surface area contributed by atoms with E-state index < -0.39 is 0 Å². The van der Waals surface area contributed by atoms with Gasteiger partial charge in [-0.2, -0.15) is 0 Å². The number of carbonyl (C=O) groups is 1. The molecule has 34 heavy (non-hydrogen) atoms. The standard InChI is InChI=1S/C27H31N5OS/c1-18(25(33)29-27-14-20-11-21(15-27)13-22(12-20)16-27)34-26-31-30-24(23-7-9-28-10-8-23)32(26)17-19-5-3-2-4-6-19/h2-10,18,20-22H,11-17H2,1H3,(H,29,33)/t18-,20?,21?,22?,27?/m1/s1. The zero-order valence-electron chi connectivity index (χ0n) is 19.6. The molecule has 1 atom stereocenters. The van der Waals surface area contributed by atoms with Crippen molar-refractivity contribution in [2.45, 2.75) is 67.9 Å². The van der Waals surface area contributed by atoms with Gasteiger partial charge in [0, 0.05) is 23.5 Å². The smallest absolute Gasteiger partial charge is 0.233 e. The fourth-order valence-corrected chi connectivity index (χ4v) is 7.69. The van der Waals surface area contributed by atoms with Crippen LogP contribution in [-0.2, 0) is 11.3 Å². The van der Waals surface area contributed by atoms with Crippen LogP contribution in [-0.4, -0.2) is 36.4 Å². The molecule has 3 aromatic rings. The predicted molar refractivity (Wildman–Crippen MR) is 133 cm³/mol. The lowest BCUT2D eigenvalue weighted by molar-refractivity contribution is -0.126. The van der Waals surface area contributed by atoms with Crippen LogP contribution in [0.3, 0.4) is 0 Å². The van der Waals surface area contributed by atoms with Gasteiger partial charge in [-0.25, -0.2) is 0 Å². The third-order valence-electron chi connectivity index (χ3n) is 7.92. The van der Waals surface area contributed by atoms with Crippen molar-refractivity contribution in [3.8, 4) is 11.4 Å². The molecule has 0 saturated heterocycles. The maximum atomic E-state index is 13.4. The fraction of sp³-hybridized carbons (Fsp3) is 0.481. The summed E-state index contributed by atoms with van der Waals surface area (Å²) in [6.07, 6.45) is 11.2. The summed E-state index contributed by atoms with van der Waals surface area (Å²) in [5.74, 6) is 3.36. The van der Waals surface area contributed by atoms with E-state index in [-0.39, 0.29) is 16.7 Å². The number of carbonyl (C=O) groups excluding carboxylic acids is 1. The molecule has 7 rings (SSSR count). The van der Waals surface area contributed by atoms with Gasteiger partial charge in [0.1, 0.15) is 0 Å². The molecular formula is C27H31N5OS. The normalized spacial score (nSPS) is 28.1. The van der Waals surface area contributed by atoms with E-state index in [4.69, 9.17) is 0 Å². The van der Waals surface area contributed by atoms with Crippen LogP contribution in [0.1, 0.15) is 51.0 Å². The van der Waals surface area contributed by atoms with Gasteiger partial charge < -0.3 is 5.32 Å². The van der Waals surface area contributed by atoms with Gasteiger partial charge in [0.25, 0.3) is 0 Å². The van der Waals surface area contributed by atoms with Crippen molar-refractivity contribution in [2.75, 3.05) is 0 Å². The van der Waals surface area contributed by atoms with Gasteiger partial charge in [-0.1, -0.05) is 42.1 Å². The Morgan fingerprint density at radius 3 is 2.32 bits per heavy atom. The molecule has 4 aliphatic rings. The van der Waals surface area contributed by atoms with Crippen molar-refractivity contribution < 1.29 is 4.79 Å². The number of nitrogens with zero attached hydrogens (tertiary/aromatic N) is 4. The molecule has 4 saturated carbocycles. The molecule has 0 spiro atoms. The number of benzene rings is 1. The highest BCUT2D eigenvalue weighted by Crippen LogP contribution is 2.55. The van der Waals surface area contributed by atoms with E-state index >= 15 is 0 Å². The lowest BCUT2D eigenvalue weighted by Crippen LogP contribution is -2.60. The SMILES string of the molecule is C[C@@H](Sc1nnc(-c2ccncc2)n1Cc1ccccc1)C(=O)NC12CC3CC(CC(C3)C1)C2. The van der Waals surface area contributed by atoms with Crippen LogP contribution in [0.5, 0.6) is 0 Å². The molecule has 4 aliphatic carbocycles. The van der Waals surface area contributed by atoms with Crippen molar-refractivity contribution in [1.82, 2.24) is 25.1 Å². The monoisotopic (exact) mass is 473 g/mol. The number of amides is 1. The molecule has 0 aliphatic heterocycles. The number of hydrogen-bond acceptors (Lipinski definition) is 5. The van der Waals surface area contributed by atoms with Crippen LogP contribution in [0.25, 0.3) is 11.4 Å². The summed E-state index contributed by atoms with van der Waals surface area (Å²) in [5, 5.41) is 13.1. The van der Waals surface area contributed by atoms with E-state index in [2.05, 4.69) is 37.2 Å². The first-order valence-electron chi connectivity index (χ1n) is 12.4. The van der Waals surface area contributed by atoms with Crippen LogP contribution in [0, 0.1) is 17.8 Å². The zero-order chi connectivity index (χ0) is 23.1. The lowest BCUT2D eigenvalue weighted by Gasteiger charge is -2.57. The molecule has 4 fully saturated rings. The molecule has 7 heteroatoms. The fourth-order valence-electron chi connectivity index (χ4n) is 6.84. The summed E-state index contributed by atoms with van der Waals surface area (Å²) in [6.45, 7) is 2.64. The van der Waals surface area contributed by atoms with Crippen molar-refractivity contribution in [3.05, 3.63) is 60.4 Å². The molecule has 1 amide bonds. The minimum atomic E-state index is -0.239. The number of hydrogen-bond donors (Lipinski definition) is 1. The number of thioether (sulfide) groups is 1. The Kier molecular flexibility index (Phi) is 5.68. The molecule has 2 aromatic heterocycles. The molecular weight excluding hydrogens is 442 g/mol.